The topological polar surface area (TPSA) is 111 Å². The molecule has 0 saturated heterocycles. The Kier molecular flexibility index (Phi) is 54.6. The van der Waals surface area contributed by atoms with Crippen LogP contribution in [0.3, 0.4) is 0 Å². The van der Waals surface area contributed by atoms with Crippen molar-refractivity contribution < 1.29 is 53.1 Å². The molecule has 0 aromatic carbocycles. The molecule has 0 aromatic rings. The van der Waals surface area contributed by atoms with Gasteiger partial charge < -0.3 is 53.1 Å². The number of rotatable bonds is 52. The smallest absolute Gasteiger partial charge is 0.366 e. The van der Waals surface area contributed by atoms with E-state index in [4.69, 9.17) is 53.1 Å². The Balaban J connectivity index is 5.50. The zero-order valence-corrected chi connectivity index (χ0v) is 69.0. The molecule has 0 radical (unpaired) electrons. The largest absolute Gasteiger partial charge is 0.573 e. The van der Waals surface area contributed by atoms with Crippen molar-refractivity contribution in [3.8, 4) is 0 Å². The lowest BCUT2D eigenvalue weighted by molar-refractivity contribution is 0.0961. The fourth-order valence-corrected chi connectivity index (χ4v) is 104. The van der Waals surface area contributed by atoms with Gasteiger partial charge in [-0.3, -0.25) is 0 Å². The minimum atomic E-state index is -3.45. The second-order valence-corrected chi connectivity index (χ2v) is 76.3. The van der Waals surface area contributed by atoms with Crippen LogP contribution in [0.2, 0.25) is 0 Å². The van der Waals surface area contributed by atoms with Crippen molar-refractivity contribution in [2.75, 3.05) is 102 Å². The number of thiol groups is 4. The molecule has 1 aliphatic carbocycles. The van der Waals surface area contributed by atoms with Gasteiger partial charge in [-0.1, -0.05) is 186 Å². The molecule has 0 N–H and O–H groups in total. The Labute approximate surface area is 548 Å². The van der Waals surface area contributed by atoms with Gasteiger partial charge in [0.2, 0.25) is 0 Å². The van der Waals surface area contributed by atoms with Gasteiger partial charge in [0.1, 0.15) is 4.08 Å². The second kappa shape index (κ2) is 52.1. The van der Waals surface area contributed by atoms with E-state index in [9.17, 15) is 0 Å². The first kappa shape index (κ1) is 83.7. The summed E-state index contributed by atoms with van der Waals surface area (Å²) in [5.74, 6) is 4.02. The second-order valence-electron chi connectivity index (χ2n) is 16.8. The SMILES string of the molecule is CCCSS[SH](SC1=C(S[SH](SSCCC)[Si](OCC)(OCC)OCC)C(S[SH](SSCCC)[Si](OCC)(OCC)OCC)(S[SH](SSCCC)[Si](OCC)(OCC)OCC)CCCCCCCCC1)[Si](OCC)(OCC)OCC. The molecule has 1 rings (SSSR count). The normalized spacial score (nSPS) is 19.2. The summed E-state index contributed by atoms with van der Waals surface area (Å²) in [5.41, 5.74) is 0. The number of hydrogen-bond acceptors (Lipinski definition) is 24. The van der Waals surface area contributed by atoms with Gasteiger partial charge in [0, 0.05) is 112 Å². The van der Waals surface area contributed by atoms with Crippen molar-refractivity contribution in [2.45, 2.75) is 198 Å². The van der Waals surface area contributed by atoms with Gasteiger partial charge >= 0.3 is 31.8 Å². The summed E-state index contributed by atoms with van der Waals surface area (Å²) in [7, 11) is 5.35. The van der Waals surface area contributed by atoms with Gasteiger partial charge in [0.15, 0.2) is 0 Å². The number of hydrogen-bond donors (Lipinski definition) is 4. The first-order chi connectivity index (χ1) is 38.9. The summed E-state index contributed by atoms with van der Waals surface area (Å²) >= 11 is 0. The quantitative estimate of drug-likeness (QED) is 0.0152. The van der Waals surface area contributed by atoms with Gasteiger partial charge in [0.25, 0.3) is 0 Å². The molecule has 1 aliphatic rings. The molecule has 0 spiro atoms. The van der Waals surface area contributed by atoms with Gasteiger partial charge in [-0.05, 0) is 167 Å². The maximum Gasteiger partial charge on any atom is 0.573 e. The van der Waals surface area contributed by atoms with Crippen molar-refractivity contribution in [3.63, 3.8) is 0 Å². The van der Waals surface area contributed by atoms with Crippen LogP contribution in [0.1, 0.15) is 194 Å². The lowest BCUT2D eigenvalue weighted by Crippen LogP contribution is -2.47. The first-order valence-electron chi connectivity index (χ1n) is 29.4. The molecule has 0 amide bonds. The fraction of sp³-hybridized carbons (Fsp3) is 0.958. The van der Waals surface area contributed by atoms with Crippen LogP contribution in [0.4, 0.5) is 0 Å². The third-order valence-electron chi connectivity index (χ3n) is 10.3. The summed E-state index contributed by atoms with van der Waals surface area (Å²) in [6, 6.07) is 0. The molecular formula is C48H110O12S16Si4. The van der Waals surface area contributed by atoms with Crippen LogP contribution in [-0.4, -0.2) is 138 Å². The Hall–Kier alpha value is 5.73. The molecule has 4 atom stereocenters. The summed E-state index contributed by atoms with van der Waals surface area (Å²) in [5, 5.41) is 0. The highest BCUT2D eigenvalue weighted by Gasteiger charge is 2.60. The summed E-state index contributed by atoms with van der Waals surface area (Å²) in [4.78, 5) is 2.76. The highest BCUT2D eigenvalue weighted by atomic mass is 33.8. The molecule has 0 heterocycles. The molecule has 0 fully saturated rings. The fourth-order valence-electron chi connectivity index (χ4n) is 7.28. The first-order valence-corrected chi connectivity index (χ1v) is 62.4. The monoisotopic (exact) mass is 1500 g/mol. The van der Waals surface area contributed by atoms with Crippen LogP contribution >= 0.6 is 159 Å². The number of allylic oxidation sites excluding steroid dienone is 1. The third-order valence-corrected chi connectivity index (χ3v) is 93.6. The Morgan fingerprint density at radius 3 is 0.863 bits per heavy atom. The highest BCUT2D eigenvalue weighted by Crippen LogP contribution is 2.82. The average Bonchev–Trinajstić information content (AvgIpc) is 3.42. The third kappa shape index (κ3) is 29.8. The van der Waals surface area contributed by atoms with E-state index in [1.807, 2.05) is 104 Å². The van der Waals surface area contributed by atoms with Crippen LogP contribution in [0.15, 0.2) is 9.81 Å². The zero-order valence-electron chi connectivity index (χ0n) is 51.6. The van der Waals surface area contributed by atoms with E-state index in [0.29, 0.717) is 79.3 Å². The van der Waals surface area contributed by atoms with Crippen molar-refractivity contribution in [3.05, 3.63) is 9.81 Å². The maximum absolute atomic E-state index is 7.16. The van der Waals surface area contributed by atoms with Crippen LogP contribution in [0.5, 0.6) is 0 Å². The Morgan fingerprint density at radius 1 is 0.325 bits per heavy atom. The van der Waals surface area contributed by atoms with Crippen molar-refractivity contribution >= 4 is 191 Å². The van der Waals surface area contributed by atoms with Crippen LogP contribution < -0.4 is 0 Å². The Morgan fingerprint density at radius 2 is 0.575 bits per heavy atom. The van der Waals surface area contributed by atoms with E-state index in [1.54, 1.807) is 0 Å². The van der Waals surface area contributed by atoms with Gasteiger partial charge in [-0.15, -0.1) is 0 Å². The van der Waals surface area contributed by atoms with E-state index in [-0.39, 0.29) is 0 Å². The van der Waals surface area contributed by atoms with Gasteiger partial charge in [-0.25, -0.2) is 0 Å². The van der Waals surface area contributed by atoms with Crippen LogP contribution in [0.25, 0.3) is 0 Å². The maximum atomic E-state index is 7.16. The minimum absolute atomic E-state index is 0.491. The lowest BCUT2D eigenvalue weighted by Gasteiger charge is -2.48. The van der Waals surface area contributed by atoms with Gasteiger partial charge in [0.05, 0.1) is 0 Å². The van der Waals surface area contributed by atoms with Crippen molar-refractivity contribution in [2.24, 2.45) is 0 Å². The van der Waals surface area contributed by atoms with E-state index >= 15 is 0 Å². The molecule has 0 saturated carbocycles. The summed E-state index contributed by atoms with van der Waals surface area (Å²) in [6.45, 7) is 40.2. The predicted octanol–water partition coefficient (Wildman–Crippen LogP) is 21.0. The van der Waals surface area contributed by atoms with Crippen molar-refractivity contribution in [1.82, 2.24) is 0 Å². The highest BCUT2D eigenvalue weighted by molar-refractivity contribution is 9.42. The molecule has 0 bridgehead atoms. The Bertz CT molecular complexity index is 1420. The minimum Gasteiger partial charge on any atom is -0.366 e. The molecule has 80 heavy (non-hydrogen) atoms. The summed E-state index contributed by atoms with van der Waals surface area (Å²) in [6.07, 6.45) is 14.0. The van der Waals surface area contributed by atoms with E-state index in [1.165, 1.54) is 29.1 Å². The molecule has 0 aromatic heterocycles. The predicted molar refractivity (Wildman–Crippen MR) is 402 cm³/mol. The van der Waals surface area contributed by atoms with Gasteiger partial charge in [-0.2, -0.15) is 0 Å². The van der Waals surface area contributed by atoms with Crippen molar-refractivity contribution in [1.29, 1.82) is 0 Å². The van der Waals surface area contributed by atoms with Crippen LogP contribution in [-0.2, 0) is 53.1 Å². The van der Waals surface area contributed by atoms with Crippen LogP contribution in [0, 0.1) is 0 Å². The summed E-state index contributed by atoms with van der Waals surface area (Å²) < 4.78 is 84.8. The lowest BCUT2D eigenvalue weighted by atomic mass is 10.0. The van der Waals surface area contributed by atoms with E-state index in [2.05, 4.69) is 132 Å². The molecule has 32 heteroatoms. The van der Waals surface area contributed by atoms with E-state index in [0.717, 1.165) is 87.2 Å². The average molecular weight is 1500 g/mol. The standard InChI is InChI=1S/C48H110O12S16Si4/c1-17-42-61-69-73(77(49-21-5,50-22-6)51-23-7)65-46-40-38-36-34-33-35-37-39-41-48(67-75(71-63-44-19-3)79(55-27-11,56-28-12)57-29-13,68-76(72-64-45-20-4)80(58-30-14,59-31-15)60-32-16)47(46)66-74(70-62-43-18-2)78(52-24-8,53-25-9)54-26-10/h73-76H,17-45H2,1-16H3. The molecule has 12 nitrogen and oxygen atoms in total. The molecule has 0 aliphatic heterocycles. The van der Waals surface area contributed by atoms with E-state index < -0.39 is 69.5 Å². The molecule has 486 valence electrons. The zero-order chi connectivity index (χ0) is 59.4. The molecule has 4 unspecified atom stereocenters. The molecular weight excluding hydrogens is 1390 g/mol.